The third-order valence-electron chi connectivity index (χ3n) is 2.42. The van der Waals surface area contributed by atoms with Crippen LogP contribution < -0.4 is 0 Å². The summed E-state index contributed by atoms with van der Waals surface area (Å²) in [7, 11) is 0. The summed E-state index contributed by atoms with van der Waals surface area (Å²) in [4.78, 5) is 5.72. The van der Waals surface area contributed by atoms with Gasteiger partial charge >= 0.3 is 0 Å². The number of halogens is 2. The van der Waals surface area contributed by atoms with Crippen LogP contribution in [0.1, 0.15) is 25.6 Å². The fourth-order valence-corrected chi connectivity index (χ4v) is 3.38. The number of hydrogen-bond donors (Lipinski definition) is 0. The van der Waals surface area contributed by atoms with Crippen molar-refractivity contribution in [3.63, 3.8) is 0 Å². The Morgan fingerprint density at radius 1 is 1.22 bits per heavy atom. The Morgan fingerprint density at radius 2 is 1.94 bits per heavy atom. The summed E-state index contributed by atoms with van der Waals surface area (Å²) in [5.41, 5.74) is 1.18. The molecule has 0 amide bonds. The Balaban J connectivity index is 2.32. The van der Waals surface area contributed by atoms with Gasteiger partial charge in [0.25, 0.3) is 0 Å². The topological polar surface area (TPSA) is 12.9 Å². The van der Waals surface area contributed by atoms with Crippen molar-refractivity contribution in [3.05, 3.63) is 39.3 Å². The molecule has 1 nitrogen and oxygen atoms in total. The summed E-state index contributed by atoms with van der Waals surface area (Å²) >= 11 is 13.9. The van der Waals surface area contributed by atoms with E-state index < -0.39 is 0 Å². The molecule has 0 atom stereocenters. The fourth-order valence-electron chi connectivity index (χ4n) is 1.70. The number of hydrogen-bond acceptors (Lipinski definition) is 2. The average molecular weight is 300 g/mol. The lowest BCUT2D eigenvalue weighted by atomic mass is 9.92. The molecule has 0 bridgehead atoms. The Morgan fingerprint density at radius 3 is 2.61 bits per heavy atom. The summed E-state index contributed by atoms with van der Waals surface area (Å²) in [6.45, 7) is 6.66. The number of thiazole rings is 1. The van der Waals surface area contributed by atoms with Gasteiger partial charge in [-0.2, -0.15) is 0 Å². The second-order valence-corrected chi connectivity index (χ2v) is 7.45. The fraction of sp³-hybridized carbons (Fsp3) is 0.357. The predicted molar refractivity (Wildman–Crippen MR) is 80.7 cm³/mol. The Kier molecular flexibility index (Phi) is 4.00. The highest BCUT2D eigenvalue weighted by Gasteiger charge is 2.15. The van der Waals surface area contributed by atoms with Crippen molar-refractivity contribution in [3.8, 4) is 10.6 Å². The lowest BCUT2D eigenvalue weighted by Crippen LogP contribution is -2.07. The van der Waals surface area contributed by atoms with Gasteiger partial charge in [-0.15, -0.1) is 11.3 Å². The molecule has 0 aliphatic rings. The van der Waals surface area contributed by atoms with E-state index in [9.17, 15) is 0 Å². The van der Waals surface area contributed by atoms with Gasteiger partial charge in [-0.25, -0.2) is 4.98 Å². The zero-order chi connectivity index (χ0) is 13.3. The van der Waals surface area contributed by atoms with Gasteiger partial charge in [0.1, 0.15) is 5.01 Å². The van der Waals surface area contributed by atoms with Crippen LogP contribution in [-0.4, -0.2) is 4.98 Å². The van der Waals surface area contributed by atoms with Crippen LogP contribution in [0.4, 0.5) is 0 Å². The number of benzene rings is 1. The van der Waals surface area contributed by atoms with Gasteiger partial charge in [0.15, 0.2) is 0 Å². The Hall–Kier alpha value is -0.570. The van der Waals surface area contributed by atoms with E-state index in [0.29, 0.717) is 10.0 Å². The maximum atomic E-state index is 6.18. The summed E-state index contributed by atoms with van der Waals surface area (Å²) in [6, 6.07) is 5.46. The maximum Gasteiger partial charge on any atom is 0.125 e. The van der Waals surface area contributed by atoms with Crippen LogP contribution >= 0.6 is 34.5 Å². The first kappa shape index (κ1) is 13.9. The molecule has 0 fully saturated rings. The molecular formula is C14H15Cl2NS. The molecule has 0 aliphatic carbocycles. The monoisotopic (exact) mass is 299 g/mol. The normalized spacial score (nSPS) is 11.8. The first-order valence-electron chi connectivity index (χ1n) is 5.75. The van der Waals surface area contributed by atoms with Crippen molar-refractivity contribution in [1.82, 2.24) is 4.98 Å². The third-order valence-corrected chi connectivity index (χ3v) is 4.01. The summed E-state index contributed by atoms with van der Waals surface area (Å²) < 4.78 is 0. The second-order valence-electron chi connectivity index (χ2n) is 5.49. The molecule has 2 aromatic rings. The van der Waals surface area contributed by atoms with E-state index in [-0.39, 0.29) is 5.41 Å². The first-order valence-corrected chi connectivity index (χ1v) is 7.32. The van der Waals surface area contributed by atoms with Crippen molar-refractivity contribution in [1.29, 1.82) is 0 Å². The standard InChI is InChI=1S/C14H15Cl2NS/c1-14(2,3)7-10-8-17-13(18-10)11-6-9(15)4-5-12(11)16/h4-6,8H,7H2,1-3H3. The van der Waals surface area contributed by atoms with E-state index in [2.05, 4.69) is 25.8 Å². The molecule has 1 aromatic carbocycles. The molecule has 0 saturated heterocycles. The van der Waals surface area contributed by atoms with E-state index in [1.54, 1.807) is 17.4 Å². The summed E-state index contributed by atoms with van der Waals surface area (Å²) in [5.74, 6) is 0. The maximum absolute atomic E-state index is 6.18. The molecule has 18 heavy (non-hydrogen) atoms. The highest BCUT2D eigenvalue weighted by Crippen LogP contribution is 2.34. The molecule has 2 rings (SSSR count). The molecule has 0 N–H and O–H groups in total. The smallest absolute Gasteiger partial charge is 0.125 e. The van der Waals surface area contributed by atoms with Gasteiger partial charge < -0.3 is 0 Å². The zero-order valence-corrected chi connectivity index (χ0v) is 13.0. The average Bonchev–Trinajstić information content (AvgIpc) is 2.67. The van der Waals surface area contributed by atoms with E-state index in [4.69, 9.17) is 23.2 Å². The highest BCUT2D eigenvalue weighted by atomic mass is 35.5. The van der Waals surface area contributed by atoms with Crippen LogP contribution in [0.5, 0.6) is 0 Å². The van der Waals surface area contributed by atoms with E-state index in [1.165, 1.54) is 4.88 Å². The van der Waals surface area contributed by atoms with Crippen LogP contribution in [0.3, 0.4) is 0 Å². The molecule has 4 heteroatoms. The third kappa shape index (κ3) is 3.47. The largest absolute Gasteiger partial charge is 0.244 e. The molecule has 96 valence electrons. The molecule has 0 saturated carbocycles. The molecule has 0 radical (unpaired) electrons. The van der Waals surface area contributed by atoms with Crippen molar-refractivity contribution in [2.75, 3.05) is 0 Å². The first-order chi connectivity index (χ1) is 8.35. The molecule has 1 heterocycles. The van der Waals surface area contributed by atoms with Gasteiger partial charge in [-0.3, -0.25) is 0 Å². The molecule has 0 aliphatic heterocycles. The zero-order valence-electron chi connectivity index (χ0n) is 10.6. The van der Waals surface area contributed by atoms with Gasteiger partial charge in [0, 0.05) is 21.7 Å². The predicted octanol–water partition coefficient (Wildman–Crippen LogP) is 5.71. The molecular weight excluding hydrogens is 285 g/mol. The lowest BCUT2D eigenvalue weighted by Gasteiger charge is -2.15. The molecule has 1 aromatic heterocycles. The summed E-state index contributed by atoms with van der Waals surface area (Å²) in [6.07, 6.45) is 2.95. The van der Waals surface area contributed by atoms with E-state index in [1.807, 2.05) is 18.3 Å². The van der Waals surface area contributed by atoms with Crippen LogP contribution in [-0.2, 0) is 6.42 Å². The number of rotatable bonds is 2. The number of aromatic nitrogens is 1. The SMILES string of the molecule is CC(C)(C)Cc1cnc(-c2cc(Cl)ccc2Cl)s1. The molecule has 0 unspecified atom stereocenters. The van der Waals surface area contributed by atoms with Crippen molar-refractivity contribution < 1.29 is 0 Å². The van der Waals surface area contributed by atoms with Crippen LogP contribution in [0.15, 0.2) is 24.4 Å². The lowest BCUT2D eigenvalue weighted by molar-refractivity contribution is 0.414. The van der Waals surface area contributed by atoms with Crippen molar-refractivity contribution in [2.45, 2.75) is 27.2 Å². The van der Waals surface area contributed by atoms with E-state index in [0.717, 1.165) is 17.0 Å². The van der Waals surface area contributed by atoms with Gasteiger partial charge in [0.05, 0.1) is 5.02 Å². The molecule has 0 spiro atoms. The minimum atomic E-state index is 0.266. The van der Waals surface area contributed by atoms with Crippen molar-refractivity contribution >= 4 is 34.5 Å². The Bertz CT molecular complexity index is 555. The van der Waals surface area contributed by atoms with Crippen LogP contribution in [0.25, 0.3) is 10.6 Å². The van der Waals surface area contributed by atoms with Crippen LogP contribution in [0, 0.1) is 5.41 Å². The van der Waals surface area contributed by atoms with Gasteiger partial charge in [0.2, 0.25) is 0 Å². The van der Waals surface area contributed by atoms with Gasteiger partial charge in [-0.1, -0.05) is 44.0 Å². The Labute approximate surface area is 122 Å². The minimum absolute atomic E-state index is 0.266. The minimum Gasteiger partial charge on any atom is -0.244 e. The van der Waals surface area contributed by atoms with Gasteiger partial charge in [-0.05, 0) is 30.0 Å². The van der Waals surface area contributed by atoms with Crippen molar-refractivity contribution in [2.24, 2.45) is 5.41 Å². The van der Waals surface area contributed by atoms with Crippen LogP contribution in [0.2, 0.25) is 10.0 Å². The summed E-state index contributed by atoms with van der Waals surface area (Å²) in [5, 5.41) is 2.31. The quantitative estimate of drug-likeness (QED) is 0.692. The highest BCUT2D eigenvalue weighted by molar-refractivity contribution is 7.15. The number of nitrogens with zero attached hydrogens (tertiary/aromatic N) is 1. The van der Waals surface area contributed by atoms with E-state index >= 15 is 0 Å². The second kappa shape index (κ2) is 5.20.